The zero-order valence-corrected chi connectivity index (χ0v) is 22.4. The van der Waals surface area contributed by atoms with Crippen LogP contribution in [-0.2, 0) is 9.59 Å². The Labute approximate surface area is 229 Å². The maximum Gasteiger partial charge on any atom is 0.266 e. The molecule has 0 spiro atoms. The second-order valence-electron chi connectivity index (χ2n) is 7.87. The average molecular weight is 559 g/mol. The summed E-state index contributed by atoms with van der Waals surface area (Å²) in [4.78, 5) is 25.1. The highest BCUT2D eigenvalue weighted by molar-refractivity contribution is 6.42. The first-order valence-electron chi connectivity index (χ1n) is 10.9. The van der Waals surface area contributed by atoms with Crippen LogP contribution in [0.5, 0.6) is 11.5 Å². The lowest BCUT2D eigenvalue weighted by Crippen LogP contribution is -2.20. The highest BCUT2D eigenvalue weighted by Gasteiger charge is 2.16. The molecule has 3 rings (SSSR count). The summed E-state index contributed by atoms with van der Waals surface area (Å²) in [6.07, 6.45) is 1.38. The van der Waals surface area contributed by atoms with E-state index >= 15 is 0 Å². The Kier molecular flexibility index (Phi) is 9.42. The van der Waals surface area contributed by atoms with E-state index in [1.165, 1.54) is 25.3 Å². The van der Waals surface area contributed by atoms with Gasteiger partial charge in [0.05, 0.1) is 22.2 Å². The maximum absolute atomic E-state index is 12.7. The van der Waals surface area contributed by atoms with Crippen LogP contribution in [0.25, 0.3) is 6.08 Å². The predicted molar refractivity (Wildman–Crippen MR) is 147 cm³/mol. The monoisotopic (exact) mass is 557 g/mol. The number of methoxy groups -OCH3 is 1. The van der Waals surface area contributed by atoms with Gasteiger partial charge in [-0.05, 0) is 73.0 Å². The summed E-state index contributed by atoms with van der Waals surface area (Å²) in [5.74, 6) is -0.682. The van der Waals surface area contributed by atoms with Crippen molar-refractivity contribution in [1.82, 2.24) is 0 Å². The molecule has 10 heteroatoms. The van der Waals surface area contributed by atoms with Crippen LogP contribution >= 0.6 is 34.8 Å². The van der Waals surface area contributed by atoms with Gasteiger partial charge in [0.1, 0.15) is 11.6 Å². The van der Waals surface area contributed by atoms with Gasteiger partial charge in [0.15, 0.2) is 18.1 Å². The van der Waals surface area contributed by atoms with Gasteiger partial charge >= 0.3 is 0 Å². The molecule has 0 heterocycles. The first-order chi connectivity index (χ1) is 17.6. The van der Waals surface area contributed by atoms with Crippen LogP contribution < -0.4 is 20.1 Å². The molecule has 0 aliphatic rings. The van der Waals surface area contributed by atoms with Crippen LogP contribution in [0.15, 0.2) is 54.1 Å². The van der Waals surface area contributed by atoms with Crippen molar-refractivity contribution in [3.63, 3.8) is 0 Å². The van der Waals surface area contributed by atoms with E-state index in [1.54, 1.807) is 24.3 Å². The molecular weight excluding hydrogens is 537 g/mol. The fourth-order valence-corrected chi connectivity index (χ4v) is 3.84. The second kappa shape index (κ2) is 12.5. The number of nitriles is 1. The van der Waals surface area contributed by atoms with Gasteiger partial charge in [-0.15, -0.1) is 0 Å². The molecule has 0 bridgehead atoms. The number of nitrogens with zero attached hydrogens (tertiary/aromatic N) is 1. The summed E-state index contributed by atoms with van der Waals surface area (Å²) in [5, 5.41) is 15.8. The number of carbonyl (C=O) groups is 2. The molecule has 0 saturated heterocycles. The number of carbonyl (C=O) groups excluding carboxylic acids is 2. The minimum absolute atomic E-state index is 0.125. The highest BCUT2D eigenvalue weighted by atomic mass is 35.5. The summed E-state index contributed by atoms with van der Waals surface area (Å²) in [6, 6.07) is 15.1. The molecular formula is C27H22Cl3N3O4. The number of halogens is 3. The van der Waals surface area contributed by atoms with Crippen LogP contribution in [-0.4, -0.2) is 25.5 Å². The molecule has 3 aromatic rings. The number of amides is 2. The van der Waals surface area contributed by atoms with Gasteiger partial charge in [0, 0.05) is 11.4 Å². The van der Waals surface area contributed by atoms with Crippen molar-refractivity contribution in [2.24, 2.45) is 0 Å². The number of aryl methyl sites for hydroxylation is 1. The van der Waals surface area contributed by atoms with Crippen LogP contribution in [0.4, 0.5) is 11.4 Å². The van der Waals surface area contributed by atoms with Gasteiger partial charge in [-0.3, -0.25) is 9.59 Å². The topological polar surface area (TPSA) is 100 Å². The quantitative estimate of drug-likeness (QED) is 0.233. The summed E-state index contributed by atoms with van der Waals surface area (Å²) in [7, 11) is 1.40. The van der Waals surface area contributed by atoms with E-state index in [0.717, 1.165) is 11.1 Å². The molecule has 190 valence electrons. The van der Waals surface area contributed by atoms with E-state index in [9.17, 15) is 14.9 Å². The molecule has 3 aromatic carbocycles. The number of hydrogen-bond donors (Lipinski definition) is 2. The fourth-order valence-electron chi connectivity index (χ4n) is 3.26. The SMILES string of the molecule is COc1cc(/C=C(/C#N)C(=O)Nc2cccc(C)c2C)cc(Cl)c1OCC(=O)Nc1ccc(Cl)c(Cl)c1. The molecule has 0 fully saturated rings. The minimum atomic E-state index is -0.564. The van der Waals surface area contributed by atoms with Crippen molar-refractivity contribution in [3.05, 3.63) is 85.9 Å². The number of anilines is 2. The molecule has 2 amide bonds. The molecule has 0 saturated carbocycles. The third-order valence-corrected chi connectivity index (χ3v) is 6.35. The minimum Gasteiger partial charge on any atom is -0.493 e. The predicted octanol–water partition coefficient (Wildman–Crippen LogP) is 6.84. The van der Waals surface area contributed by atoms with E-state index in [2.05, 4.69) is 10.6 Å². The van der Waals surface area contributed by atoms with Crippen LogP contribution in [0.2, 0.25) is 15.1 Å². The highest BCUT2D eigenvalue weighted by Crippen LogP contribution is 2.37. The molecule has 0 unspecified atom stereocenters. The van der Waals surface area contributed by atoms with Gasteiger partial charge in [-0.25, -0.2) is 0 Å². The summed E-state index contributed by atoms with van der Waals surface area (Å²) in [6.45, 7) is 3.45. The van der Waals surface area contributed by atoms with Crippen molar-refractivity contribution < 1.29 is 19.1 Å². The first-order valence-corrected chi connectivity index (χ1v) is 12.0. The number of nitrogens with one attached hydrogen (secondary N) is 2. The fraction of sp³-hybridized carbons (Fsp3) is 0.148. The Balaban J connectivity index is 1.75. The zero-order valence-electron chi connectivity index (χ0n) is 20.1. The van der Waals surface area contributed by atoms with Gasteiger partial charge in [0.25, 0.3) is 11.8 Å². The number of rotatable bonds is 8. The van der Waals surface area contributed by atoms with Crippen LogP contribution in [0.3, 0.4) is 0 Å². The first kappa shape index (κ1) is 27.9. The Morgan fingerprint density at radius 2 is 1.76 bits per heavy atom. The average Bonchev–Trinajstić information content (AvgIpc) is 2.86. The smallest absolute Gasteiger partial charge is 0.266 e. The molecule has 0 atom stereocenters. The molecule has 0 radical (unpaired) electrons. The van der Waals surface area contributed by atoms with Gasteiger partial charge in [-0.1, -0.05) is 46.9 Å². The van der Waals surface area contributed by atoms with Crippen molar-refractivity contribution in [1.29, 1.82) is 5.26 Å². The van der Waals surface area contributed by atoms with E-state index in [0.29, 0.717) is 27.0 Å². The molecule has 0 aromatic heterocycles. The largest absolute Gasteiger partial charge is 0.493 e. The van der Waals surface area contributed by atoms with E-state index in [1.807, 2.05) is 32.0 Å². The summed E-state index contributed by atoms with van der Waals surface area (Å²) < 4.78 is 11.0. The lowest BCUT2D eigenvalue weighted by atomic mass is 10.1. The van der Waals surface area contributed by atoms with E-state index in [4.69, 9.17) is 44.3 Å². The van der Waals surface area contributed by atoms with Crippen LogP contribution in [0, 0.1) is 25.2 Å². The lowest BCUT2D eigenvalue weighted by Gasteiger charge is -2.14. The molecule has 2 N–H and O–H groups in total. The Morgan fingerprint density at radius 3 is 2.43 bits per heavy atom. The summed E-state index contributed by atoms with van der Waals surface area (Å²) in [5.41, 5.74) is 3.28. The second-order valence-corrected chi connectivity index (χ2v) is 9.09. The standard InChI is InChI=1S/C27H22Cl3N3O4/c1-15-5-4-6-23(16(15)2)33-27(35)18(13-31)9-17-10-22(30)26(24(11-17)36-3)37-14-25(34)32-19-7-8-20(28)21(29)12-19/h4-12H,14H2,1-3H3,(H,32,34)(H,33,35)/b18-9-. The lowest BCUT2D eigenvalue weighted by molar-refractivity contribution is -0.118. The Hall–Kier alpha value is -3.70. The van der Waals surface area contributed by atoms with Gasteiger partial charge < -0.3 is 20.1 Å². The van der Waals surface area contributed by atoms with Gasteiger partial charge in [0.2, 0.25) is 0 Å². The number of benzene rings is 3. The van der Waals surface area contributed by atoms with E-state index in [-0.39, 0.29) is 28.7 Å². The molecule has 0 aliphatic carbocycles. The normalized spacial score (nSPS) is 10.9. The number of ether oxygens (including phenoxy) is 2. The van der Waals surface area contributed by atoms with Crippen LogP contribution in [0.1, 0.15) is 16.7 Å². The van der Waals surface area contributed by atoms with Crippen molar-refractivity contribution in [2.75, 3.05) is 24.4 Å². The summed E-state index contributed by atoms with van der Waals surface area (Å²) >= 11 is 18.2. The molecule has 7 nitrogen and oxygen atoms in total. The maximum atomic E-state index is 12.7. The third-order valence-electron chi connectivity index (χ3n) is 5.33. The Bertz CT molecular complexity index is 1430. The van der Waals surface area contributed by atoms with Gasteiger partial charge in [-0.2, -0.15) is 5.26 Å². The van der Waals surface area contributed by atoms with Crippen molar-refractivity contribution in [2.45, 2.75) is 13.8 Å². The van der Waals surface area contributed by atoms with E-state index < -0.39 is 11.8 Å². The zero-order chi connectivity index (χ0) is 27.1. The molecule has 0 aliphatic heterocycles. The molecule has 37 heavy (non-hydrogen) atoms. The number of hydrogen-bond acceptors (Lipinski definition) is 5. The Morgan fingerprint density at radius 1 is 1.00 bits per heavy atom. The third kappa shape index (κ3) is 7.17. The van der Waals surface area contributed by atoms with Crippen molar-refractivity contribution in [3.8, 4) is 17.6 Å². The van der Waals surface area contributed by atoms with Crippen molar-refractivity contribution >= 4 is 64.1 Å².